The van der Waals surface area contributed by atoms with Crippen LogP contribution in [0.25, 0.3) is 0 Å². The largest absolute Gasteiger partial charge is 0.367 e. The van der Waals surface area contributed by atoms with E-state index in [0.717, 1.165) is 19.6 Å². The van der Waals surface area contributed by atoms with Gasteiger partial charge in [0.15, 0.2) is 0 Å². The van der Waals surface area contributed by atoms with Crippen molar-refractivity contribution in [1.29, 1.82) is 0 Å². The maximum absolute atomic E-state index is 3.69. The first-order valence-electron chi connectivity index (χ1n) is 7.99. The first kappa shape index (κ1) is 14.2. The number of hydrogen-bond acceptors (Lipinski definition) is 2. The maximum atomic E-state index is 3.69. The summed E-state index contributed by atoms with van der Waals surface area (Å²) in [4.78, 5) is 2.51. The van der Waals surface area contributed by atoms with Crippen molar-refractivity contribution >= 4 is 5.69 Å². The van der Waals surface area contributed by atoms with Gasteiger partial charge in [0.25, 0.3) is 0 Å². The van der Waals surface area contributed by atoms with Gasteiger partial charge < -0.3 is 10.2 Å². The molecular formula is C19H24N2. The summed E-state index contributed by atoms with van der Waals surface area (Å²) in [6.45, 7) is 5.44. The lowest BCUT2D eigenvalue weighted by atomic mass is 9.95. The summed E-state index contributed by atoms with van der Waals surface area (Å²) in [5.41, 5.74) is 4.22. The molecule has 1 N–H and O–H groups in total. The van der Waals surface area contributed by atoms with Crippen LogP contribution < -0.4 is 10.2 Å². The van der Waals surface area contributed by atoms with Crippen molar-refractivity contribution in [2.45, 2.75) is 32.4 Å². The number of nitrogens with one attached hydrogen (secondary N) is 1. The van der Waals surface area contributed by atoms with Crippen LogP contribution in [-0.2, 0) is 6.54 Å². The molecule has 1 unspecified atom stereocenters. The van der Waals surface area contributed by atoms with Gasteiger partial charge in [0, 0.05) is 24.8 Å². The first-order chi connectivity index (χ1) is 10.4. The Hall–Kier alpha value is -1.80. The van der Waals surface area contributed by atoms with E-state index in [9.17, 15) is 0 Å². The summed E-state index contributed by atoms with van der Waals surface area (Å²) in [5.74, 6) is 0. The molecule has 0 radical (unpaired) electrons. The van der Waals surface area contributed by atoms with Crippen LogP contribution in [0.2, 0.25) is 0 Å². The van der Waals surface area contributed by atoms with E-state index in [1.54, 1.807) is 0 Å². The molecule has 2 aromatic rings. The van der Waals surface area contributed by atoms with Gasteiger partial charge in [-0.25, -0.2) is 0 Å². The molecule has 1 aliphatic rings. The Morgan fingerprint density at radius 3 is 2.62 bits per heavy atom. The minimum Gasteiger partial charge on any atom is -0.367 e. The molecular weight excluding hydrogens is 256 g/mol. The molecule has 21 heavy (non-hydrogen) atoms. The number of fused-ring (bicyclic) bond motifs is 1. The van der Waals surface area contributed by atoms with E-state index in [1.165, 1.54) is 29.7 Å². The van der Waals surface area contributed by atoms with Crippen molar-refractivity contribution < 1.29 is 0 Å². The Balaban J connectivity index is 1.81. The SMILES string of the molecule is CCCNC1CCN(Cc2ccccc2)c2ccccc21. The van der Waals surface area contributed by atoms with E-state index in [0.29, 0.717) is 6.04 Å². The van der Waals surface area contributed by atoms with E-state index >= 15 is 0 Å². The van der Waals surface area contributed by atoms with Crippen molar-refractivity contribution in [3.8, 4) is 0 Å². The maximum Gasteiger partial charge on any atom is 0.0429 e. The number of hydrogen-bond donors (Lipinski definition) is 1. The third kappa shape index (κ3) is 3.27. The van der Waals surface area contributed by atoms with Crippen molar-refractivity contribution in [1.82, 2.24) is 5.32 Å². The quantitative estimate of drug-likeness (QED) is 0.885. The van der Waals surface area contributed by atoms with Gasteiger partial charge in [-0.15, -0.1) is 0 Å². The van der Waals surface area contributed by atoms with Gasteiger partial charge in [0.1, 0.15) is 0 Å². The minimum absolute atomic E-state index is 0.508. The van der Waals surface area contributed by atoms with Gasteiger partial charge in [-0.3, -0.25) is 0 Å². The summed E-state index contributed by atoms with van der Waals surface area (Å²) in [6.07, 6.45) is 2.37. The predicted octanol–water partition coefficient (Wildman–Crippen LogP) is 4.14. The second-order valence-electron chi connectivity index (χ2n) is 5.76. The summed E-state index contributed by atoms with van der Waals surface area (Å²) < 4.78 is 0. The van der Waals surface area contributed by atoms with Crippen LogP contribution in [0, 0.1) is 0 Å². The molecule has 0 amide bonds. The highest BCUT2D eigenvalue weighted by molar-refractivity contribution is 5.57. The molecule has 0 fully saturated rings. The highest BCUT2D eigenvalue weighted by Crippen LogP contribution is 2.34. The Bertz CT molecular complexity index is 565. The number of nitrogens with zero attached hydrogens (tertiary/aromatic N) is 1. The second kappa shape index (κ2) is 6.77. The molecule has 0 spiro atoms. The third-order valence-corrected chi connectivity index (χ3v) is 4.20. The number of rotatable bonds is 5. The Labute approximate surface area is 127 Å². The molecule has 2 nitrogen and oxygen atoms in total. The van der Waals surface area contributed by atoms with E-state index in [2.05, 4.69) is 71.7 Å². The molecule has 0 bridgehead atoms. The second-order valence-corrected chi connectivity index (χ2v) is 5.76. The van der Waals surface area contributed by atoms with Gasteiger partial charge in [-0.2, -0.15) is 0 Å². The normalized spacial score (nSPS) is 17.6. The van der Waals surface area contributed by atoms with E-state index < -0.39 is 0 Å². The van der Waals surface area contributed by atoms with Crippen molar-refractivity contribution in [3.05, 3.63) is 65.7 Å². The van der Waals surface area contributed by atoms with Crippen molar-refractivity contribution in [2.75, 3.05) is 18.0 Å². The van der Waals surface area contributed by atoms with Crippen LogP contribution in [0.3, 0.4) is 0 Å². The van der Waals surface area contributed by atoms with Crippen molar-refractivity contribution in [3.63, 3.8) is 0 Å². The fourth-order valence-electron chi connectivity index (χ4n) is 3.13. The summed E-state index contributed by atoms with van der Waals surface area (Å²) in [5, 5.41) is 3.69. The molecule has 1 heterocycles. The highest BCUT2D eigenvalue weighted by atomic mass is 15.1. The van der Waals surface area contributed by atoms with Gasteiger partial charge in [-0.1, -0.05) is 55.5 Å². The Morgan fingerprint density at radius 2 is 1.81 bits per heavy atom. The zero-order valence-electron chi connectivity index (χ0n) is 12.8. The molecule has 0 aromatic heterocycles. The van der Waals surface area contributed by atoms with Crippen LogP contribution >= 0.6 is 0 Å². The summed E-state index contributed by atoms with van der Waals surface area (Å²) in [6, 6.07) is 20.1. The van der Waals surface area contributed by atoms with Crippen LogP contribution in [0.15, 0.2) is 54.6 Å². The molecule has 0 saturated carbocycles. The van der Waals surface area contributed by atoms with Crippen LogP contribution in [-0.4, -0.2) is 13.1 Å². The number of benzene rings is 2. The zero-order valence-corrected chi connectivity index (χ0v) is 12.8. The fraction of sp³-hybridized carbons (Fsp3) is 0.368. The molecule has 2 aromatic carbocycles. The average molecular weight is 280 g/mol. The Morgan fingerprint density at radius 1 is 1.05 bits per heavy atom. The van der Waals surface area contributed by atoms with Crippen molar-refractivity contribution in [2.24, 2.45) is 0 Å². The lowest BCUT2D eigenvalue weighted by Crippen LogP contribution is -2.35. The zero-order chi connectivity index (χ0) is 14.5. The average Bonchev–Trinajstić information content (AvgIpc) is 2.55. The van der Waals surface area contributed by atoms with E-state index in [4.69, 9.17) is 0 Å². The topological polar surface area (TPSA) is 15.3 Å². The van der Waals surface area contributed by atoms with Crippen LogP contribution in [0.4, 0.5) is 5.69 Å². The molecule has 2 heteroatoms. The fourth-order valence-corrected chi connectivity index (χ4v) is 3.13. The molecule has 0 aliphatic carbocycles. The summed E-state index contributed by atoms with van der Waals surface area (Å²) in [7, 11) is 0. The predicted molar refractivity (Wildman–Crippen MR) is 89.6 cm³/mol. The minimum atomic E-state index is 0.508. The monoisotopic (exact) mass is 280 g/mol. The first-order valence-corrected chi connectivity index (χ1v) is 7.99. The number of anilines is 1. The lowest BCUT2D eigenvalue weighted by Gasteiger charge is -2.36. The lowest BCUT2D eigenvalue weighted by molar-refractivity contribution is 0.477. The van der Waals surface area contributed by atoms with E-state index in [-0.39, 0.29) is 0 Å². The smallest absolute Gasteiger partial charge is 0.0429 e. The molecule has 3 rings (SSSR count). The van der Waals surface area contributed by atoms with E-state index in [1.807, 2.05) is 0 Å². The van der Waals surface area contributed by atoms with Gasteiger partial charge in [0.05, 0.1) is 0 Å². The summed E-state index contributed by atoms with van der Waals surface area (Å²) >= 11 is 0. The van der Waals surface area contributed by atoms with Gasteiger partial charge in [0.2, 0.25) is 0 Å². The molecule has 1 aliphatic heterocycles. The van der Waals surface area contributed by atoms with Gasteiger partial charge >= 0.3 is 0 Å². The number of para-hydroxylation sites is 1. The Kier molecular flexibility index (Phi) is 4.56. The van der Waals surface area contributed by atoms with Crippen LogP contribution in [0.1, 0.15) is 36.9 Å². The highest BCUT2D eigenvalue weighted by Gasteiger charge is 2.24. The molecule has 1 atom stereocenters. The van der Waals surface area contributed by atoms with Gasteiger partial charge in [-0.05, 0) is 36.6 Å². The third-order valence-electron chi connectivity index (χ3n) is 4.20. The molecule has 0 saturated heterocycles. The molecule has 110 valence electrons. The van der Waals surface area contributed by atoms with Crippen LogP contribution in [0.5, 0.6) is 0 Å². The standard InChI is InChI=1S/C19H24N2/c1-2-13-20-18-12-14-21(15-16-8-4-3-5-9-16)19-11-7-6-10-17(18)19/h3-11,18,20H,2,12-15H2,1H3.